The zero-order valence-corrected chi connectivity index (χ0v) is 13.2. The molecule has 0 aliphatic rings. The van der Waals surface area contributed by atoms with Crippen LogP contribution in [0.25, 0.3) is 0 Å². The zero-order chi connectivity index (χ0) is 15.2. The van der Waals surface area contributed by atoms with Crippen LogP contribution >= 0.6 is 0 Å². The molecule has 0 N–H and O–H groups in total. The van der Waals surface area contributed by atoms with E-state index in [0.29, 0.717) is 13.0 Å². The van der Waals surface area contributed by atoms with Crippen molar-refractivity contribution in [3.05, 3.63) is 42.8 Å². The van der Waals surface area contributed by atoms with E-state index in [4.69, 9.17) is 4.74 Å². The fourth-order valence-corrected chi connectivity index (χ4v) is 2.33. The number of carbonyl (C=O) groups excluding carboxylic acids is 1. The molecule has 0 heterocycles. The molecule has 1 aromatic carbocycles. The second-order valence-corrected chi connectivity index (χ2v) is 5.53. The summed E-state index contributed by atoms with van der Waals surface area (Å²) in [5.41, 5.74) is 1.22. The second-order valence-electron chi connectivity index (χ2n) is 5.53. The number of hydrogen-bond donors (Lipinski definition) is 0. The number of unbranched alkanes of at least 4 members (excludes halogenated alkanes) is 7. The van der Waals surface area contributed by atoms with Crippen LogP contribution in [0, 0.1) is 6.92 Å². The monoisotopic (exact) mass is 289 g/mol. The van der Waals surface area contributed by atoms with E-state index in [1.165, 1.54) is 37.7 Å². The topological polar surface area (TPSA) is 26.3 Å². The maximum Gasteiger partial charge on any atom is 0.305 e. The molecule has 0 aliphatic carbocycles. The Labute approximate surface area is 129 Å². The molecule has 0 fully saturated rings. The van der Waals surface area contributed by atoms with Crippen LogP contribution in [0.5, 0.6) is 0 Å². The predicted molar refractivity (Wildman–Crippen MR) is 88.0 cm³/mol. The lowest BCUT2D eigenvalue weighted by molar-refractivity contribution is -0.143. The van der Waals surface area contributed by atoms with Gasteiger partial charge in [-0.3, -0.25) is 4.79 Å². The summed E-state index contributed by atoms with van der Waals surface area (Å²) in [5.74, 6) is -0.0528. The lowest BCUT2D eigenvalue weighted by atomic mass is 10.1. The predicted octanol–water partition coefficient (Wildman–Crippen LogP) is 5.12. The van der Waals surface area contributed by atoms with Gasteiger partial charge in [0, 0.05) is 12.8 Å². The Morgan fingerprint density at radius 3 is 2.19 bits per heavy atom. The summed E-state index contributed by atoms with van der Waals surface area (Å²) in [6.45, 7) is 4.34. The minimum Gasteiger partial charge on any atom is -0.465 e. The summed E-state index contributed by atoms with van der Waals surface area (Å²) in [5, 5.41) is 0. The van der Waals surface area contributed by atoms with Crippen molar-refractivity contribution in [3.63, 3.8) is 0 Å². The number of hydrogen-bond acceptors (Lipinski definition) is 2. The summed E-state index contributed by atoms with van der Waals surface area (Å²) < 4.78 is 5.26. The van der Waals surface area contributed by atoms with Gasteiger partial charge >= 0.3 is 5.97 Å². The van der Waals surface area contributed by atoms with E-state index in [9.17, 15) is 4.79 Å². The minimum absolute atomic E-state index is 0.0528. The first-order valence-corrected chi connectivity index (χ1v) is 8.31. The standard InChI is InChI=1S/C19H29O2/c1-2-3-4-5-6-7-8-12-15-19(20)21-17-16-18-13-10-9-11-14-18/h9-11,13-14H,1-8,12,15-17H2. The van der Waals surface area contributed by atoms with Gasteiger partial charge in [0.2, 0.25) is 0 Å². The fraction of sp³-hybridized carbons (Fsp3) is 0.579. The molecule has 0 aromatic heterocycles. The smallest absolute Gasteiger partial charge is 0.305 e. The molecule has 0 amide bonds. The Hall–Kier alpha value is -1.31. The lowest BCUT2D eigenvalue weighted by Crippen LogP contribution is -2.07. The molecule has 117 valence electrons. The van der Waals surface area contributed by atoms with Crippen molar-refractivity contribution < 1.29 is 9.53 Å². The van der Waals surface area contributed by atoms with Crippen LogP contribution in [-0.4, -0.2) is 12.6 Å². The molecule has 0 saturated heterocycles. The average molecular weight is 289 g/mol. The first-order chi connectivity index (χ1) is 10.3. The van der Waals surface area contributed by atoms with Crippen LogP contribution in [0.3, 0.4) is 0 Å². The van der Waals surface area contributed by atoms with Crippen molar-refractivity contribution in [1.82, 2.24) is 0 Å². The molecular formula is C19H29O2. The van der Waals surface area contributed by atoms with Gasteiger partial charge in [0.1, 0.15) is 0 Å². The van der Waals surface area contributed by atoms with Crippen molar-refractivity contribution in [1.29, 1.82) is 0 Å². The van der Waals surface area contributed by atoms with Gasteiger partial charge in [-0.1, -0.05) is 82.2 Å². The number of rotatable bonds is 12. The zero-order valence-electron chi connectivity index (χ0n) is 13.2. The summed E-state index contributed by atoms with van der Waals surface area (Å²) in [6.07, 6.45) is 10.9. The first kappa shape index (κ1) is 17.7. The third kappa shape index (κ3) is 10.1. The first-order valence-electron chi connectivity index (χ1n) is 8.31. The molecule has 0 unspecified atom stereocenters. The van der Waals surface area contributed by atoms with Crippen molar-refractivity contribution in [2.24, 2.45) is 0 Å². The van der Waals surface area contributed by atoms with Gasteiger partial charge in [0.15, 0.2) is 0 Å². The Kier molecular flexibility index (Phi) is 10.5. The van der Waals surface area contributed by atoms with E-state index < -0.39 is 0 Å². The van der Waals surface area contributed by atoms with E-state index >= 15 is 0 Å². The van der Waals surface area contributed by atoms with Crippen LogP contribution in [0.15, 0.2) is 30.3 Å². The minimum atomic E-state index is -0.0528. The van der Waals surface area contributed by atoms with Crippen molar-refractivity contribution in [2.45, 2.75) is 64.2 Å². The lowest BCUT2D eigenvalue weighted by Gasteiger charge is -2.05. The molecule has 21 heavy (non-hydrogen) atoms. The maximum atomic E-state index is 11.6. The van der Waals surface area contributed by atoms with Crippen molar-refractivity contribution in [3.8, 4) is 0 Å². The highest BCUT2D eigenvalue weighted by molar-refractivity contribution is 5.69. The summed E-state index contributed by atoms with van der Waals surface area (Å²) >= 11 is 0. The molecule has 1 radical (unpaired) electrons. The van der Waals surface area contributed by atoms with Gasteiger partial charge in [-0.15, -0.1) is 0 Å². The van der Waals surface area contributed by atoms with Gasteiger partial charge in [0.25, 0.3) is 0 Å². The third-order valence-corrected chi connectivity index (χ3v) is 3.63. The van der Waals surface area contributed by atoms with Gasteiger partial charge < -0.3 is 4.74 Å². The Morgan fingerprint density at radius 2 is 1.52 bits per heavy atom. The highest BCUT2D eigenvalue weighted by Gasteiger charge is 2.02. The fourth-order valence-electron chi connectivity index (χ4n) is 2.33. The van der Waals surface area contributed by atoms with E-state index in [1.54, 1.807) is 0 Å². The highest BCUT2D eigenvalue weighted by atomic mass is 16.5. The summed E-state index contributed by atoms with van der Waals surface area (Å²) in [7, 11) is 0. The molecular weight excluding hydrogens is 260 g/mol. The van der Waals surface area contributed by atoms with Crippen LogP contribution in [0.1, 0.15) is 63.4 Å². The Balaban J connectivity index is 1.90. The van der Waals surface area contributed by atoms with Crippen LogP contribution in [0.2, 0.25) is 0 Å². The molecule has 1 aromatic rings. The number of carbonyl (C=O) groups is 1. The maximum absolute atomic E-state index is 11.6. The van der Waals surface area contributed by atoms with E-state index in [2.05, 4.69) is 19.1 Å². The SMILES string of the molecule is [CH2]CCCCCCCCCC(=O)OCCc1ccccc1. The summed E-state index contributed by atoms with van der Waals surface area (Å²) in [6, 6.07) is 10.1. The Bertz CT molecular complexity index is 359. The molecule has 1 rings (SSSR count). The molecule has 0 spiro atoms. The van der Waals surface area contributed by atoms with Crippen LogP contribution in [0.4, 0.5) is 0 Å². The van der Waals surface area contributed by atoms with Crippen molar-refractivity contribution >= 4 is 5.97 Å². The van der Waals surface area contributed by atoms with Gasteiger partial charge in [-0.25, -0.2) is 0 Å². The molecule has 2 nitrogen and oxygen atoms in total. The normalized spacial score (nSPS) is 10.5. The van der Waals surface area contributed by atoms with Crippen LogP contribution < -0.4 is 0 Å². The summed E-state index contributed by atoms with van der Waals surface area (Å²) in [4.78, 5) is 11.6. The molecule has 0 aliphatic heterocycles. The number of ether oxygens (including phenoxy) is 1. The highest BCUT2D eigenvalue weighted by Crippen LogP contribution is 2.10. The number of benzene rings is 1. The number of esters is 1. The Morgan fingerprint density at radius 1 is 0.905 bits per heavy atom. The average Bonchev–Trinajstić information content (AvgIpc) is 2.51. The van der Waals surface area contributed by atoms with Gasteiger partial charge in [-0.05, 0) is 12.0 Å². The van der Waals surface area contributed by atoms with Gasteiger partial charge in [-0.2, -0.15) is 0 Å². The molecule has 0 bridgehead atoms. The van der Waals surface area contributed by atoms with Crippen molar-refractivity contribution in [2.75, 3.05) is 6.61 Å². The quantitative estimate of drug-likeness (QED) is 0.394. The van der Waals surface area contributed by atoms with Gasteiger partial charge in [0.05, 0.1) is 6.61 Å². The molecule has 2 heteroatoms. The van der Waals surface area contributed by atoms with E-state index in [-0.39, 0.29) is 5.97 Å². The molecule has 0 saturated carbocycles. The van der Waals surface area contributed by atoms with Crippen LogP contribution in [-0.2, 0) is 16.0 Å². The third-order valence-electron chi connectivity index (χ3n) is 3.63. The molecule has 0 atom stereocenters. The van der Waals surface area contributed by atoms with E-state index in [1.807, 2.05) is 18.2 Å². The largest absolute Gasteiger partial charge is 0.465 e. The second kappa shape index (κ2) is 12.4. The van der Waals surface area contributed by atoms with E-state index in [0.717, 1.165) is 25.7 Å².